The Bertz CT molecular complexity index is 618. The molecule has 2 aromatic rings. The first-order valence-corrected chi connectivity index (χ1v) is 7.35. The van der Waals surface area contributed by atoms with E-state index in [1.807, 2.05) is 24.3 Å². The lowest BCUT2D eigenvalue weighted by molar-refractivity contribution is 0.103. The van der Waals surface area contributed by atoms with Crippen LogP contribution < -0.4 is 10.6 Å². The van der Waals surface area contributed by atoms with Crippen LogP contribution in [-0.2, 0) is 12.8 Å². The molecule has 1 aliphatic heterocycles. The molecule has 19 heavy (non-hydrogen) atoms. The highest BCUT2D eigenvalue weighted by Gasteiger charge is 2.13. The van der Waals surface area contributed by atoms with Crippen LogP contribution in [0.3, 0.4) is 0 Å². The van der Waals surface area contributed by atoms with Gasteiger partial charge in [-0.3, -0.25) is 4.79 Å². The summed E-state index contributed by atoms with van der Waals surface area (Å²) in [6.07, 6.45) is 2.00. The van der Waals surface area contributed by atoms with Gasteiger partial charge in [0.25, 0.3) is 5.91 Å². The molecule has 0 atom stereocenters. The summed E-state index contributed by atoms with van der Waals surface area (Å²) in [5, 5.41) is 6.28. The summed E-state index contributed by atoms with van der Waals surface area (Å²) in [4.78, 5) is 14.1. The maximum Gasteiger partial charge on any atom is 0.265 e. The number of aryl methyl sites for hydroxylation is 1. The Labute approximate surface area is 116 Å². The quantitative estimate of drug-likeness (QED) is 0.897. The highest BCUT2D eigenvalue weighted by Crippen LogP contribution is 2.26. The van der Waals surface area contributed by atoms with E-state index in [-0.39, 0.29) is 5.91 Å². The van der Waals surface area contributed by atoms with E-state index in [9.17, 15) is 4.79 Å². The van der Waals surface area contributed by atoms with Crippen molar-refractivity contribution < 1.29 is 4.79 Å². The fourth-order valence-corrected chi connectivity index (χ4v) is 3.11. The Morgan fingerprint density at radius 2 is 2.26 bits per heavy atom. The number of rotatable bonds is 3. The predicted molar refractivity (Wildman–Crippen MR) is 80.3 cm³/mol. The van der Waals surface area contributed by atoms with Crippen molar-refractivity contribution in [2.75, 3.05) is 17.2 Å². The van der Waals surface area contributed by atoms with Crippen molar-refractivity contribution >= 4 is 28.6 Å². The van der Waals surface area contributed by atoms with Crippen molar-refractivity contribution in [2.24, 2.45) is 0 Å². The fourth-order valence-electron chi connectivity index (χ4n) is 2.27. The highest BCUT2D eigenvalue weighted by molar-refractivity contribution is 7.14. The second-order valence-corrected chi connectivity index (χ2v) is 5.79. The van der Waals surface area contributed by atoms with E-state index in [4.69, 9.17) is 0 Å². The molecule has 0 spiro atoms. The lowest BCUT2D eigenvalue weighted by atomic mass is 10.1. The Morgan fingerprint density at radius 3 is 3.05 bits per heavy atom. The first-order chi connectivity index (χ1) is 9.26. The summed E-state index contributed by atoms with van der Waals surface area (Å²) in [7, 11) is 0. The van der Waals surface area contributed by atoms with Gasteiger partial charge in [-0.15, -0.1) is 11.3 Å². The van der Waals surface area contributed by atoms with Crippen molar-refractivity contribution in [2.45, 2.75) is 19.8 Å². The topological polar surface area (TPSA) is 41.1 Å². The average molecular weight is 272 g/mol. The summed E-state index contributed by atoms with van der Waals surface area (Å²) in [6, 6.07) is 9.95. The van der Waals surface area contributed by atoms with Crippen LogP contribution >= 0.6 is 11.3 Å². The summed E-state index contributed by atoms with van der Waals surface area (Å²) in [6.45, 7) is 3.08. The van der Waals surface area contributed by atoms with Crippen LogP contribution in [-0.4, -0.2) is 12.5 Å². The summed E-state index contributed by atoms with van der Waals surface area (Å²) < 4.78 is 0. The van der Waals surface area contributed by atoms with Gasteiger partial charge in [-0.05, 0) is 48.7 Å². The van der Waals surface area contributed by atoms with E-state index in [2.05, 4.69) is 23.6 Å². The second-order valence-electron chi connectivity index (χ2n) is 4.62. The zero-order chi connectivity index (χ0) is 13.2. The Balaban J connectivity index is 1.75. The number of thiophene rings is 1. The smallest absolute Gasteiger partial charge is 0.265 e. The van der Waals surface area contributed by atoms with E-state index in [1.165, 1.54) is 16.1 Å². The van der Waals surface area contributed by atoms with Gasteiger partial charge in [0, 0.05) is 22.8 Å². The van der Waals surface area contributed by atoms with Gasteiger partial charge < -0.3 is 10.6 Å². The monoisotopic (exact) mass is 272 g/mol. The molecule has 2 heterocycles. The molecule has 0 unspecified atom stereocenters. The van der Waals surface area contributed by atoms with E-state index in [1.54, 1.807) is 11.3 Å². The molecule has 0 saturated heterocycles. The number of anilines is 2. The molecule has 3 rings (SSSR count). The van der Waals surface area contributed by atoms with Crippen LogP contribution in [0.1, 0.15) is 27.0 Å². The number of amides is 1. The molecule has 2 N–H and O–H groups in total. The minimum atomic E-state index is -0.0180. The summed E-state index contributed by atoms with van der Waals surface area (Å²) in [5.41, 5.74) is 3.33. The highest BCUT2D eigenvalue weighted by atomic mass is 32.1. The van der Waals surface area contributed by atoms with Gasteiger partial charge >= 0.3 is 0 Å². The predicted octanol–water partition coefficient (Wildman–Crippen LogP) is 3.53. The third kappa shape index (κ3) is 2.49. The van der Waals surface area contributed by atoms with Crippen molar-refractivity contribution in [1.29, 1.82) is 0 Å². The van der Waals surface area contributed by atoms with E-state index in [0.717, 1.165) is 30.0 Å². The number of hydrogen-bond donors (Lipinski definition) is 2. The fraction of sp³-hybridized carbons (Fsp3) is 0.267. The first kappa shape index (κ1) is 12.2. The number of carbonyl (C=O) groups is 1. The third-order valence-corrected chi connectivity index (χ3v) is 4.54. The largest absolute Gasteiger partial charge is 0.384 e. The molecular formula is C15H16N2OS. The lowest BCUT2D eigenvalue weighted by Gasteiger charge is -2.06. The molecule has 0 saturated carbocycles. The average Bonchev–Trinajstić information content (AvgIpc) is 3.06. The maximum atomic E-state index is 12.1. The minimum absolute atomic E-state index is 0.0180. The SMILES string of the molecule is CCc1ccc(C(=O)Nc2ccc3c(c2)CCN3)s1. The molecule has 0 aliphatic carbocycles. The Kier molecular flexibility index (Phi) is 3.25. The van der Waals surface area contributed by atoms with Crippen LogP contribution in [0.25, 0.3) is 0 Å². The van der Waals surface area contributed by atoms with Crippen molar-refractivity contribution in [3.8, 4) is 0 Å². The molecule has 1 aliphatic rings. The second kappa shape index (κ2) is 5.05. The summed E-state index contributed by atoms with van der Waals surface area (Å²) >= 11 is 1.56. The van der Waals surface area contributed by atoms with Crippen LogP contribution in [0.5, 0.6) is 0 Å². The van der Waals surface area contributed by atoms with Gasteiger partial charge in [0.1, 0.15) is 0 Å². The van der Waals surface area contributed by atoms with Crippen molar-refractivity contribution in [3.05, 3.63) is 45.6 Å². The molecule has 0 radical (unpaired) electrons. The van der Waals surface area contributed by atoms with Crippen molar-refractivity contribution in [1.82, 2.24) is 0 Å². The van der Waals surface area contributed by atoms with E-state index in [0.29, 0.717) is 0 Å². The number of fused-ring (bicyclic) bond motifs is 1. The molecule has 0 bridgehead atoms. The summed E-state index contributed by atoms with van der Waals surface area (Å²) in [5.74, 6) is -0.0180. The van der Waals surface area contributed by atoms with E-state index >= 15 is 0 Å². The molecule has 0 fully saturated rings. The zero-order valence-corrected chi connectivity index (χ0v) is 11.6. The van der Waals surface area contributed by atoms with Gasteiger partial charge in [0.05, 0.1) is 4.88 Å². The third-order valence-electron chi connectivity index (χ3n) is 3.31. The lowest BCUT2D eigenvalue weighted by Crippen LogP contribution is -2.10. The van der Waals surface area contributed by atoms with Gasteiger partial charge in [-0.1, -0.05) is 6.92 Å². The molecule has 1 aromatic carbocycles. The maximum absolute atomic E-state index is 12.1. The number of hydrogen-bond acceptors (Lipinski definition) is 3. The first-order valence-electron chi connectivity index (χ1n) is 6.53. The van der Waals surface area contributed by atoms with Crippen LogP contribution in [0.2, 0.25) is 0 Å². The van der Waals surface area contributed by atoms with Gasteiger partial charge in [-0.2, -0.15) is 0 Å². The van der Waals surface area contributed by atoms with Crippen LogP contribution in [0, 0.1) is 0 Å². The zero-order valence-electron chi connectivity index (χ0n) is 10.8. The van der Waals surface area contributed by atoms with E-state index < -0.39 is 0 Å². The van der Waals surface area contributed by atoms with Crippen LogP contribution in [0.4, 0.5) is 11.4 Å². The number of nitrogens with one attached hydrogen (secondary N) is 2. The standard InChI is InChI=1S/C15H16N2OS/c1-2-12-4-6-14(19-12)15(18)17-11-3-5-13-10(9-11)7-8-16-13/h3-6,9,16H,2,7-8H2,1H3,(H,17,18). The van der Waals surface area contributed by atoms with Gasteiger partial charge in [0.15, 0.2) is 0 Å². The number of carbonyl (C=O) groups excluding carboxylic acids is 1. The Morgan fingerprint density at radius 1 is 1.37 bits per heavy atom. The minimum Gasteiger partial charge on any atom is -0.384 e. The Hall–Kier alpha value is -1.81. The molecular weight excluding hydrogens is 256 g/mol. The van der Waals surface area contributed by atoms with Crippen molar-refractivity contribution in [3.63, 3.8) is 0 Å². The van der Waals surface area contributed by atoms with Gasteiger partial charge in [0.2, 0.25) is 0 Å². The molecule has 1 aromatic heterocycles. The molecule has 4 heteroatoms. The molecule has 1 amide bonds. The normalized spacial score (nSPS) is 12.9. The van der Waals surface area contributed by atoms with Crippen LogP contribution in [0.15, 0.2) is 30.3 Å². The molecule has 98 valence electrons. The number of benzene rings is 1. The molecule has 3 nitrogen and oxygen atoms in total. The van der Waals surface area contributed by atoms with Gasteiger partial charge in [-0.25, -0.2) is 0 Å².